The average molecular weight is 350 g/mol. The van der Waals surface area contributed by atoms with Crippen LogP contribution in [-0.4, -0.2) is 37.2 Å². The van der Waals surface area contributed by atoms with E-state index in [4.69, 9.17) is 9.47 Å². The number of fused-ring (bicyclic) bond motifs is 2. The Morgan fingerprint density at radius 3 is 2.31 bits per heavy atom. The Balaban J connectivity index is 1.33. The summed E-state index contributed by atoms with van der Waals surface area (Å²) in [5.41, 5.74) is 4.39. The van der Waals surface area contributed by atoms with Crippen LogP contribution in [0.4, 0.5) is 5.69 Å². The van der Waals surface area contributed by atoms with Gasteiger partial charge in [-0.3, -0.25) is 4.79 Å². The third kappa shape index (κ3) is 2.68. The van der Waals surface area contributed by atoms with Crippen molar-refractivity contribution in [2.75, 3.05) is 31.3 Å². The quantitative estimate of drug-likeness (QED) is 0.834. The number of ether oxygens (including phenoxy) is 2. The Hall–Kier alpha value is -2.69. The zero-order valence-electron chi connectivity index (χ0n) is 14.7. The summed E-state index contributed by atoms with van der Waals surface area (Å²) in [6.07, 6.45) is 3.36. The molecule has 1 amide bonds. The Labute approximate surface area is 153 Å². The fourth-order valence-electron chi connectivity index (χ4n) is 4.09. The van der Waals surface area contributed by atoms with Crippen molar-refractivity contribution >= 4 is 11.6 Å². The number of carbonyl (C=O) groups excluding carboxylic acids is 1. The maximum Gasteiger partial charge on any atom is 0.254 e. The van der Waals surface area contributed by atoms with E-state index in [9.17, 15) is 4.79 Å². The van der Waals surface area contributed by atoms with E-state index in [-0.39, 0.29) is 12.7 Å². The smallest absolute Gasteiger partial charge is 0.254 e. The Morgan fingerprint density at radius 1 is 0.885 bits per heavy atom. The van der Waals surface area contributed by atoms with E-state index in [0.717, 1.165) is 48.7 Å². The van der Waals surface area contributed by atoms with Crippen molar-refractivity contribution in [1.82, 2.24) is 4.90 Å². The number of carbonyl (C=O) groups is 1. The van der Waals surface area contributed by atoms with Crippen LogP contribution in [-0.2, 0) is 13.0 Å². The predicted molar refractivity (Wildman–Crippen MR) is 98.9 cm³/mol. The van der Waals surface area contributed by atoms with Crippen molar-refractivity contribution in [3.63, 3.8) is 0 Å². The van der Waals surface area contributed by atoms with E-state index < -0.39 is 0 Å². The molecule has 0 saturated carbocycles. The van der Waals surface area contributed by atoms with Gasteiger partial charge in [0.1, 0.15) is 0 Å². The van der Waals surface area contributed by atoms with Crippen molar-refractivity contribution in [2.24, 2.45) is 0 Å². The standard InChI is InChI=1S/C21H22N2O3/c24-21(15-3-5-18(6-4-15)22-8-1-2-9-22)23-10-7-16-11-19-20(26-14-25-19)12-17(16)13-23/h3-6,11-12H,1-2,7-10,13-14H2. The number of nitrogens with zero attached hydrogens (tertiary/aromatic N) is 2. The van der Waals surface area contributed by atoms with Crippen molar-refractivity contribution in [2.45, 2.75) is 25.8 Å². The lowest BCUT2D eigenvalue weighted by molar-refractivity contribution is 0.0734. The molecule has 0 N–H and O–H groups in total. The molecule has 2 aromatic rings. The van der Waals surface area contributed by atoms with Crippen LogP contribution >= 0.6 is 0 Å². The molecule has 0 aromatic heterocycles. The van der Waals surface area contributed by atoms with Gasteiger partial charge in [-0.25, -0.2) is 0 Å². The first-order chi connectivity index (χ1) is 12.8. The van der Waals surface area contributed by atoms with Gasteiger partial charge in [0, 0.05) is 37.4 Å². The minimum atomic E-state index is 0.0984. The molecule has 3 aliphatic heterocycles. The van der Waals surface area contributed by atoms with Crippen molar-refractivity contribution in [1.29, 1.82) is 0 Å². The number of hydrogen-bond acceptors (Lipinski definition) is 4. The third-order valence-electron chi connectivity index (χ3n) is 5.58. The average Bonchev–Trinajstić information content (AvgIpc) is 3.37. The summed E-state index contributed by atoms with van der Waals surface area (Å²) in [6.45, 7) is 3.88. The first-order valence-corrected chi connectivity index (χ1v) is 9.34. The van der Waals surface area contributed by atoms with E-state index >= 15 is 0 Å². The van der Waals surface area contributed by atoms with Gasteiger partial charge < -0.3 is 19.3 Å². The SMILES string of the molecule is O=C(c1ccc(N2CCCC2)cc1)N1CCc2cc3c(cc2C1)OCO3. The third-order valence-corrected chi connectivity index (χ3v) is 5.58. The van der Waals surface area contributed by atoms with Crippen LogP contribution in [0.1, 0.15) is 34.3 Å². The molecule has 1 saturated heterocycles. The first-order valence-electron chi connectivity index (χ1n) is 9.34. The first kappa shape index (κ1) is 15.6. The molecule has 5 heteroatoms. The molecule has 0 bridgehead atoms. The zero-order chi connectivity index (χ0) is 17.5. The highest BCUT2D eigenvalue weighted by atomic mass is 16.7. The Kier molecular flexibility index (Phi) is 3.73. The molecule has 0 spiro atoms. The highest BCUT2D eigenvalue weighted by Crippen LogP contribution is 2.37. The Bertz CT molecular complexity index is 841. The van der Waals surface area contributed by atoms with Crippen LogP contribution in [0, 0.1) is 0 Å². The van der Waals surface area contributed by atoms with E-state index in [1.807, 2.05) is 23.1 Å². The number of hydrogen-bond donors (Lipinski definition) is 0. The van der Waals surface area contributed by atoms with Crippen LogP contribution < -0.4 is 14.4 Å². The molecule has 26 heavy (non-hydrogen) atoms. The lowest BCUT2D eigenvalue weighted by Crippen LogP contribution is -2.36. The van der Waals surface area contributed by atoms with Crippen LogP contribution in [0.2, 0.25) is 0 Å². The molecule has 5 rings (SSSR count). The molecule has 134 valence electrons. The highest BCUT2D eigenvalue weighted by Gasteiger charge is 2.25. The summed E-state index contributed by atoms with van der Waals surface area (Å²) in [7, 11) is 0. The second-order valence-electron chi connectivity index (χ2n) is 7.19. The molecule has 2 aromatic carbocycles. The molecule has 0 atom stereocenters. The number of rotatable bonds is 2. The van der Waals surface area contributed by atoms with Crippen molar-refractivity contribution in [3.8, 4) is 11.5 Å². The normalized spacial score (nSPS) is 18.2. The van der Waals surface area contributed by atoms with E-state index in [2.05, 4.69) is 23.1 Å². The predicted octanol–water partition coefficient (Wildman–Crippen LogP) is 3.21. The zero-order valence-corrected chi connectivity index (χ0v) is 14.7. The van der Waals surface area contributed by atoms with Crippen LogP contribution in [0.15, 0.2) is 36.4 Å². The molecule has 0 radical (unpaired) electrons. The second kappa shape index (κ2) is 6.24. The highest BCUT2D eigenvalue weighted by molar-refractivity contribution is 5.94. The van der Waals surface area contributed by atoms with E-state index in [1.54, 1.807) is 0 Å². The topological polar surface area (TPSA) is 42.0 Å². The molecular formula is C21H22N2O3. The molecule has 3 aliphatic rings. The van der Waals surface area contributed by atoms with Crippen LogP contribution in [0.3, 0.4) is 0 Å². The maximum absolute atomic E-state index is 12.9. The van der Waals surface area contributed by atoms with Gasteiger partial charge in [0.2, 0.25) is 6.79 Å². The number of benzene rings is 2. The minimum absolute atomic E-state index is 0.0984. The largest absolute Gasteiger partial charge is 0.454 e. The van der Waals surface area contributed by atoms with Crippen molar-refractivity contribution < 1.29 is 14.3 Å². The monoisotopic (exact) mass is 350 g/mol. The summed E-state index contributed by atoms with van der Waals surface area (Å²) >= 11 is 0. The van der Waals surface area contributed by atoms with Crippen molar-refractivity contribution in [3.05, 3.63) is 53.1 Å². The summed E-state index contributed by atoms with van der Waals surface area (Å²) < 4.78 is 10.9. The van der Waals surface area contributed by atoms with Gasteiger partial charge in [-0.15, -0.1) is 0 Å². The van der Waals surface area contributed by atoms with E-state index in [0.29, 0.717) is 6.54 Å². The summed E-state index contributed by atoms with van der Waals surface area (Å²) in [6, 6.07) is 12.2. The van der Waals surface area contributed by atoms with Gasteiger partial charge in [-0.2, -0.15) is 0 Å². The Morgan fingerprint density at radius 2 is 1.58 bits per heavy atom. The van der Waals surface area contributed by atoms with Gasteiger partial charge in [-0.05, 0) is 66.8 Å². The van der Waals surface area contributed by atoms with Gasteiger partial charge in [0.25, 0.3) is 5.91 Å². The minimum Gasteiger partial charge on any atom is -0.454 e. The molecular weight excluding hydrogens is 328 g/mol. The molecule has 0 unspecified atom stereocenters. The molecule has 1 fully saturated rings. The van der Waals surface area contributed by atoms with Gasteiger partial charge in [-0.1, -0.05) is 0 Å². The number of anilines is 1. The summed E-state index contributed by atoms with van der Waals surface area (Å²) in [5.74, 6) is 1.70. The lowest BCUT2D eigenvalue weighted by atomic mass is 9.98. The fraction of sp³-hybridized carbons (Fsp3) is 0.381. The van der Waals surface area contributed by atoms with Gasteiger partial charge >= 0.3 is 0 Å². The molecule has 5 nitrogen and oxygen atoms in total. The number of amides is 1. The molecule has 0 aliphatic carbocycles. The van der Waals surface area contributed by atoms with E-state index in [1.165, 1.54) is 24.1 Å². The van der Waals surface area contributed by atoms with Crippen LogP contribution in [0.25, 0.3) is 0 Å². The molecule has 3 heterocycles. The maximum atomic E-state index is 12.9. The van der Waals surface area contributed by atoms with Gasteiger partial charge in [0.05, 0.1) is 0 Å². The lowest BCUT2D eigenvalue weighted by Gasteiger charge is -2.29. The summed E-state index contributed by atoms with van der Waals surface area (Å²) in [5, 5.41) is 0. The van der Waals surface area contributed by atoms with Crippen LogP contribution in [0.5, 0.6) is 11.5 Å². The summed E-state index contributed by atoms with van der Waals surface area (Å²) in [4.78, 5) is 17.2. The second-order valence-corrected chi connectivity index (χ2v) is 7.19. The fourth-order valence-corrected chi connectivity index (χ4v) is 4.09. The van der Waals surface area contributed by atoms with Gasteiger partial charge in [0.15, 0.2) is 11.5 Å².